The Hall–Kier alpha value is -3.40. The summed E-state index contributed by atoms with van der Waals surface area (Å²) in [6.45, 7) is 0. The molecule has 0 aliphatic carbocycles. The molecule has 0 unspecified atom stereocenters. The molecule has 7 rings (SSSR count). The molecular formula is C28H14F6IrN3S-. The summed E-state index contributed by atoms with van der Waals surface area (Å²) < 4.78 is 94.8. The molecule has 4 aromatic heterocycles. The van der Waals surface area contributed by atoms with Gasteiger partial charge in [0.15, 0.2) is 0 Å². The summed E-state index contributed by atoms with van der Waals surface area (Å²) in [5.74, 6) is 0. The van der Waals surface area contributed by atoms with E-state index in [9.17, 15) is 0 Å². The van der Waals surface area contributed by atoms with Gasteiger partial charge in [0, 0.05) is 48.2 Å². The van der Waals surface area contributed by atoms with Crippen LogP contribution < -0.4 is 0 Å². The molecule has 199 valence electrons. The molecule has 0 fully saturated rings. The fourth-order valence-corrected chi connectivity index (χ4v) is 6.49. The van der Waals surface area contributed by atoms with E-state index in [0.717, 1.165) is 4.40 Å². The van der Waals surface area contributed by atoms with Crippen molar-refractivity contribution in [1.29, 1.82) is 0 Å². The first-order chi connectivity index (χ1) is 18.2. The third-order valence-corrected chi connectivity index (χ3v) is 7.98. The Morgan fingerprint density at radius 2 is 1.21 bits per heavy atom. The molecule has 0 aliphatic rings. The molecule has 11 heteroatoms. The van der Waals surface area contributed by atoms with Crippen molar-refractivity contribution in [3.8, 4) is 0 Å². The van der Waals surface area contributed by atoms with Gasteiger partial charge in [-0.25, -0.2) is 11.3 Å². The van der Waals surface area contributed by atoms with Crippen LogP contribution in [0.15, 0.2) is 84.4 Å². The molecule has 3 aromatic carbocycles. The van der Waals surface area contributed by atoms with Crippen LogP contribution in [0.3, 0.4) is 0 Å². The van der Waals surface area contributed by atoms with E-state index in [1.165, 1.54) is 53.8 Å². The monoisotopic (exact) mass is 731 g/mol. The average molecular weight is 731 g/mol. The topological polar surface area (TPSA) is 22.2 Å². The van der Waals surface area contributed by atoms with Gasteiger partial charge in [0.1, 0.15) is 0 Å². The van der Waals surface area contributed by atoms with Crippen molar-refractivity contribution in [1.82, 2.24) is 14.0 Å². The zero-order valence-electron chi connectivity index (χ0n) is 19.4. The Kier molecular flexibility index (Phi) is 5.67. The van der Waals surface area contributed by atoms with E-state index in [0.29, 0.717) is 26.2 Å². The molecule has 39 heavy (non-hydrogen) atoms. The van der Waals surface area contributed by atoms with Crippen LogP contribution in [0, 0.1) is 6.07 Å². The maximum atomic E-state index is 15.4. The van der Waals surface area contributed by atoms with Crippen LogP contribution in [-0.2, 0) is 25.6 Å². The van der Waals surface area contributed by atoms with Gasteiger partial charge in [-0.2, -0.15) is 32.4 Å². The Morgan fingerprint density at radius 1 is 0.692 bits per heavy atom. The van der Waals surface area contributed by atoms with Crippen molar-refractivity contribution in [3.05, 3.63) is 96.1 Å². The van der Waals surface area contributed by atoms with Gasteiger partial charge >= 0.3 is 12.4 Å². The van der Waals surface area contributed by atoms with Crippen LogP contribution >= 0.6 is 11.3 Å². The van der Waals surface area contributed by atoms with Crippen molar-refractivity contribution in [2.45, 2.75) is 17.9 Å². The molecule has 0 bridgehead atoms. The third-order valence-electron chi connectivity index (χ3n) is 7.09. The zero-order chi connectivity index (χ0) is 26.4. The Morgan fingerprint density at radius 3 is 1.77 bits per heavy atom. The number of para-hydroxylation sites is 3. The molecule has 4 heterocycles. The van der Waals surface area contributed by atoms with E-state index in [2.05, 4.69) is 11.1 Å². The smallest absolute Gasteiger partial charge is 0.349 e. The Labute approximate surface area is 233 Å². The molecule has 0 aliphatic heterocycles. The third kappa shape index (κ3) is 3.24. The number of halogens is 6. The van der Waals surface area contributed by atoms with E-state index in [4.69, 9.17) is 0 Å². The number of aromatic nitrogens is 3. The molecule has 0 spiro atoms. The molecule has 0 N–H and O–H groups in total. The number of hydrogen-bond donors (Lipinski definition) is 0. The number of pyridine rings is 1. The van der Waals surface area contributed by atoms with Gasteiger partial charge in [-0.05, 0) is 23.6 Å². The maximum absolute atomic E-state index is 15.4. The zero-order valence-corrected chi connectivity index (χ0v) is 22.6. The van der Waals surface area contributed by atoms with Gasteiger partial charge in [-0.1, -0.05) is 64.7 Å². The molecule has 0 saturated carbocycles. The quantitative estimate of drug-likeness (QED) is 0.129. The predicted molar refractivity (Wildman–Crippen MR) is 136 cm³/mol. The van der Waals surface area contributed by atoms with Crippen LogP contribution in [-0.4, -0.2) is 26.3 Å². The number of alkyl halides is 6. The molecule has 3 nitrogen and oxygen atoms in total. The Balaban J connectivity index is 0.00000277. The van der Waals surface area contributed by atoms with Gasteiger partial charge < -0.3 is 14.0 Å². The summed E-state index contributed by atoms with van der Waals surface area (Å²) in [7, 11) is 0. The van der Waals surface area contributed by atoms with Crippen molar-refractivity contribution < 1.29 is 46.4 Å². The van der Waals surface area contributed by atoms with E-state index < -0.39 is 23.6 Å². The second-order valence-electron chi connectivity index (χ2n) is 8.98. The molecular weight excluding hydrogens is 717 g/mol. The maximum Gasteiger partial charge on any atom is 0.426 e. The molecule has 0 amide bonds. The van der Waals surface area contributed by atoms with E-state index >= 15 is 26.3 Å². The molecule has 7 aromatic rings. The summed E-state index contributed by atoms with van der Waals surface area (Å²) in [4.78, 5) is 4.16. The molecule has 1 radical (unpaired) electrons. The van der Waals surface area contributed by atoms with Crippen molar-refractivity contribution >= 4 is 59.8 Å². The summed E-state index contributed by atoms with van der Waals surface area (Å²) >= 11 is 1.30. The van der Waals surface area contributed by atoms with Crippen molar-refractivity contribution in [2.24, 2.45) is 0 Å². The largest absolute Gasteiger partial charge is 0.426 e. The van der Waals surface area contributed by atoms with Crippen molar-refractivity contribution in [2.75, 3.05) is 0 Å². The molecule has 0 saturated heterocycles. The van der Waals surface area contributed by atoms with Gasteiger partial charge in [-0.15, -0.1) is 5.39 Å². The van der Waals surface area contributed by atoms with Gasteiger partial charge in [0.05, 0.1) is 16.7 Å². The summed E-state index contributed by atoms with van der Waals surface area (Å²) in [6, 6.07) is 21.1. The van der Waals surface area contributed by atoms with Gasteiger partial charge in [0.2, 0.25) is 0 Å². The van der Waals surface area contributed by atoms with Crippen LogP contribution in [0.2, 0.25) is 0 Å². The molecule has 0 atom stereocenters. The number of rotatable bonds is 2. The van der Waals surface area contributed by atoms with Crippen LogP contribution in [0.5, 0.6) is 0 Å². The number of imidazole rings is 1. The van der Waals surface area contributed by atoms with Crippen LogP contribution in [0.1, 0.15) is 5.69 Å². The number of thiophene rings is 1. The summed E-state index contributed by atoms with van der Waals surface area (Å²) in [5, 5.41) is 3.07. The second-order valence-corrected chi connectivity index (χ2v) is 9.86. The van der Waals surface area contributed by atoms with Gasteiger partial charge in [0.25, 0.3) is 5.54 Å². The van der Waals surface area contributed by atoms with Crippen LogP contribution in [0.25, 0.3) is 48.4 Å². The fourth-order valence-electron chi connectivity index (χ4n) is 5.63. The minimum atomic E-state index is -5.81. The SMILES string of the molecule is FC(F)(F)C(c1cnc2c3[c-]csc3c3ccccc3n12)(n1c2ccccc2c2ccccc21)C(F)(F)F.[Ir]. The van der Waals surface area contributed by atoms with E-state index in [-0.39, 0.29) is 53.1 Å². The first-order valence-corrected chi connectivity index (χ1v) is 12.3. The first kappa shape index (κ1) is 25.9. The van der Waals surface area contributed by atoms with Crippen molar-refractivity contribution in [3.63, 3.8) is 0 Å². The minimum Gasteiger partial charge on any atom is -0.349 e. The second kappa shape index (κ2) is 8.55. The normalized spacial score (nSPS) is 13.2. The van der Waals surface area contributed by atoms with Crippen LogP contribution in [0.4, 0.5) is 26.3 Å². The number of nitrogens with zero attached hydrogens (tertiary/aromatic N) is 3. The average Bonchev–Trinajstić information content (AvgIpc) is 3.60. The summed E-state index contributed by atoms with van der Waals surface area (Å²) in [5.41, 5.74) is -5.71. The minimum absolute atomic E-state index is 0. The first-order valence-electron chi connectivity index (χ1n) is 11.5. The van der Waals surface area contributed by atoms with E-state index in [1.54, 1.807) is 35.7 Å². The van der Waals surface area contributed by atoms with Gasteiger partial charge in [-0.3, -0.25) is 0 Å². The Bertz CT molecular complexity index is 1970. The van der Waals surface area contributed by atoms with E-state index in [1.807, 2.05) is 0 Å². The fraction of sp³-hybridized carbons (Fsp3) is 0.107. The predicted octanol–water partition coefficient (Wildman–Crippen LogP) is 8.48. The summed E-state index contributed by atoms with van der Waals surface area (Å²) in [6.07, 6.45) is -10.9. The standard InChI is InChI=1S/C28H14F6N3S.Ir/c29-27(30,31)26(28(32,33)34,37-21-11-5-1-7-16(21)17-8-2-6-12-22(17)37)23-15-35-25-19-13-14-38-24(19)18-9-3-4-10-20(18)36(23)25;/h1-12,14-15H;/q-1;. The number of fused-ring (bicyclic) bond motifs is 9. The number of hydrogen-bond acceptors (Lipinski definition) is 2. The number of benzene rings is 3.